The Kier molecular flexibility index (Phi) is 0.821. The molecule has 0 atom stereocenters. The van der Waals surface area contributed by atoms with Crippen molar-refractivity contribution in [2.75, 3.05) is 0 Å². The average molecular weight is 154 g/mol. The zero-order chi connectivity index (χ0) is 8.39. The Morgan fingerprint density at radius 2 is 1.64 bits per heavy atom. The fraction of sp³-hybridized carbons (Fsp3) is 0.429. The van der Waals surface area contributed by atoms with Crippen LogP contribution in [0.1, 0.15) is 18.1 Å². The Morgan fingerprint density at radius 3 is 1.91 bits per heavy atom. The second kappa shape index (κ2) is 1.38. The van der Waals surface area contributed by atoms with Gasteiger partial charge in [-0.1, -0.05) is 0 Å². The van der Waals surface area contributed by atoms with Crippen LogP contribution >= 0.6 is 0 Å². The summed E-state index contributed by atoms with van der Waals surface area (Å²) in [4.78, 5) is 0. The van der Waals surface area contributed by atoms with Crippen LogP contribution in [0, 0.1) is 0 Å². The van der Waals surface area contributed by atoms with Crippen LogP contribution in [0.4, 0.5) is 0 Å². The summed E-state index contributed by atoms with van der Waals surface area (Å²) in [6, 6.07) is 0. The largest absolute Gasteiger partial charge is 0.494 e. The third kappa shape index (κ3) is 0.497. The molecule has 1 heterocycles. The van der Waals surface area contributed by atoms with Gasteiger partial charge < -0.3 is 15.9 Å². The highest BCUT2D eigenvalue weighted by molar-refractivity contribution is 5.68. The highest BCUT2D eigenvalue weighted by Crippen LogP contribution is 2.56. The Morgan fingerprint density at radius 1 is 1.27 bits per heavy atom. The molecule has 0 spiro atoms. The van der Waals surface area contributed by atoms with E-state index >= 15 is 0 Å². The van der Waals surface area contributed by atoms with Crippen molar-refractivity contribution in [1.82, 2.24) is 4.57 Å². The Bertz CT molecular complexity index is 309. The number of hydrogen-bond acceptors (Lipinski definition) is 3. The molecule has 4 nitrogen and oxygen atoms in total. The van der Waals surface area contributed by atoms with E-state index in [9.17, 15) is 10.2 Å². The van der Waals surface area contributed by atoms with Gasteiger partial charge in [-0.25, -0.2) is 0 Å². The van der Waals surface area contributed by atoms with E-state index in [0.717, 1.165) is 0 Å². The van der Waals surface area contributed by atoms with Crippen molar-refractivity contribution in [1.29, 1.82) is 0 Å². The van der Waals surface area contributed by atoms with Gasteiger partial charge in [-0.3, -0.25) is 4.57 Å². The molecular formula is C7H10N2O2. The minimum absolute atomic E-state index is 0.0718. The van der Waals surface area contributed by atoms with E-state index in [1.54, 1.807) is 14.0 Å². The van der Waals surface area contributed by atoms with Gasteiger partial charge in [-0.2, -0.15) is 0 Å². The third-order valence-corrected chi connectivity index (χ3v) is 2.31. The molecule has 0 saturated carbocycles. The number of rotatable bonds is 0. The predicted octanol–water partition coefficient (Wildman–Crippen LogP) is -0.0281. The Hall–Kier alpha value is -1.16. The minimum atomic E-state index is -0.597. The van der Waals surface area contributed by atoms with Gasteiger partial charge in [-0.05, 0) is 6.92 Å². The second-order valence-corrected chi connectivity index (χ2v) is 3.16. The summed E-state index contributed by atoms with van der Waals surface area (Å²) >= 11 is 0. The molecule has 1 aliphatic carbocycles. The molecule has 0 fully saturated rings. The molecule has 60 valence electrons. The molecule has 0 amide bonds. The lowest BCUT2D eigenvalue weighted by Crippen LogP contribution is -2.17. The molecule has 0 saturated heterocycles. The summed E-state index contributed by atoms with van der Waals surface area (Å²) in [5, 5.41) is 18.7. The van der Waals surface area contributed by atoms with Crippen LogP contribution in [-0.2, 0) is 12.6 Å². The van der Waals surface area contributed by atoms with Gasteiger partial charge in [0.1, 0.15) is 0 Å². The van der Waals surface area contributed by atoms with Crippen molar-refractivity contribution in [3.05, 3.63) is 11.1 Å². The molecule has 4 N–H and O–H groups in total. The minimum Gasteiger partial charge on any atom is -0.494 e. The number of nitrogens with zero attached hydrogens (tertiary/aromatic N) is 1. The van der Waals surface area contributed by atoms with Crippen LogP contribution in [0.25, 0.3) is 0 Å². The van der Waals surface area contributed by atoms with Crippen LogP contribution in [0.3, 0.4) is 0 Å². The number of fused-ring (bicyclic) bond motifs is 1. The monoisotopic (exact) mass is 154 g/mol. The Labute approximate surface area is 63.9 Å². The van der Waals surface area contributed by atoms with Crippen molar-refractivity contribution in [2.24, 2.45) is 12.8 Å². The van der Waals surface area contributed by atoms with Crippen LogP contribution < -0.4 is 5.73 Å². The van der Waals surface area contributed by atoms with Gasteiger partial charge in [-0.15, -0.1) is 0 Å². The van der Waals surface area contributed by atoms with Crippen LogP contribution in [0.2, 0.25) is 0 Å². The SMILES string of the molecule is Cn1c(O)c2c(c1O)C2(C)N. The number of aromatic nitrogens is 1. The topological polar surface area (TPSA) is 71.4 Å². The lowest BCUT2D eigenvalue weighted by Gasteiger charge is -2.07. The second-order valence-electron chi connectivity index (χ2n) is 3.16. The summed E-state index contributed by atoms with van der Waals surface area (Å²) in [6.07, 6.45) is 0. The molecule has 0 aliphatic heterocycles. The molecule has 11 heavy (non-hydrogen) atoms. The van der Waals surface area contributed by atoms with E-state index < -0.39 is 5.54 Å². The maximum absolute atomic E-state index is 9.34. The number of aromatic hydroxyl groups is 2. The third-order valence-electron chi connectivity index (χ3n) is 2.31. The summed E-state index contributed by atoms with van der Waals surface area (Å²) in [5.74, 6) is 0.144. The molecule has 0 unspecified atom stereocenters. The molecule has 0 radical (unpaired) electrons. The number of nitrogens with two attached hydrogens (primary N) is 1. The summed E-state index contributed by atoms with van der Waals surface area (Å²) < 4.78 is 1.32. The van der Waals surface area contributed by atoms with Gasteiger partial charge >= 0.3 is 0 Å². The lowest BCUT2D eigenvalue weighted by atomic mass is 10.2. The first-order valence-corrected chi connectivity index (χ1v) is 3.38. The van der Waals surface area contributed by atoms with E-state index in [1.165, 1.54) is 4.57 Å². The molecule has 0 bridgehead atoms. The zero-order valence-electron chi connectivity index (χ0n) is 6.42. The standard InChI is InChI=1S/C7H10N2O2/c1-7(8)3-4(7)6(11)9(2)5(3)10/h10-11H,8H2,1-2H3. The van der Waals surface area contributed by atoms with E-state index in [4.69, 9.17) is 5.73 Å². The fourth-order valence-corrected chi connectivity index (χ4v) is 1.51. The molecule has 1 aromatic heterocycles. The molecule has 2 rings (SSSR count). The highest BCUT2D eigenvalue weighted by Gasteiger charge is 2.52. The van der Waals surface area contributed by atoms with Gasteiger partial charge in [0.05, 0.1) is 5.54 Å². The van der Waals surface area contributed by atoms with E-state index in [1.807, 2.05) is 0 Å². The predicted molar refractivity (Wildman–Crippen MR) is 39.4 cm³/mol. The molecule has 1 aliphatic rings. The Balaban J connectivity index is 2.67. The van der Waals surface area contributed by atoms with E-state index in [0.29, 0.717) is 11.1 Å². The van der Waals surface area contributed by atoms with Crippen LogP contribution in [0.15, 0.2) is 0 Å². The van der Waals surface area contributed by atoms with Crippen molar-refractivity contribution < 1.29 is 10.2 Å². The summed E-state index contributed by atoms with van der Waals surface area (Å²) in [5.41, 5.74) is 6.43. The maximum Gasteiger partial charge on any atom is 0.199 e. The average Bonchev–Trinajstić information content (AvgIpc) is 2.39. The maximum atomic E-state index is 9.34. The first kappa shape index (κ1) is 6.54. The molecule has 1 aromatic rings. The van der Waals surface area contributed by atoms with Crippen molar-refractivity contribution in [3.63, 3.8) is 0 Å². The van der Waals surface area contributed by atoms with Gasteiger partial charge in [0, 0.05) is 18.2 Å². The quantitative estimate of drug-likeness (QED) is 0.491. The van der Waals surface area contributed by atoms with Crippen LogP contribution in [0.5, 0.6) is 11.8 Å². The first-order chi connectivity index (χ1) is 4.98. The highest BCUT2D eigenvalue weighted by atomic mass is 16.3. The molecular weight excluding hydrogens is 144 g/mol. The van der Waals surface area contributed by atoms with Gasteiger partial charge in [0.2, 0.25) is 0 Å². The molecule has 0 aromatic carbocycles. The van der Waals surface area contributed by atoms with Crippen molar-refractivity contribution >= 4 is 0 Å². The molecule has 4 heteroatoms. The van der Waals surface area contributed by atoms with Crippen molar-refractivity contribution in [2.45, 2.75) is 12.5 Å². The summed E-state index contributed by atoms with van der Waals surface area (Å²) in [6.45, 7) is 1.76. The smallest absolute Gasteiger partial charge is 0.199 e. The van der Waals surface area contributed by atoms with E-state index in [2.05, 4.69) is 0 Å². The van der Waals surface area contributed by atoms with Gasteiger partial charge in [0.25, 0.3) is 0 Å². The van der Waals surface area contributed by atoms with E-state index in [-0.39, 0.29) is 11.8 Å². The lowest BCUT2D eigenvalue weighted by molar-refractivity contribution is 0.371. The zero-order valence-corrected chi connectivity index (χ0v) is 6.42. The van der Waals surface area contributed by atoms with Gasteiger partial charge in [0.15, 0.2) is 11.8 Å². The van der Waals surface area contributed by atoms with Crippen molar-refractivity contribution in [3.8, 4) is 11.8 Å². The van der Waals surface area contributed by atoms with Crippen LogP contribution in [-0.4, -0.2) is 14.8 Å². The fourth-order valence-electron chi connectivity index (χ4n) is 1.51. The summed E-state index contributed by atoms with van der Waals surface area (Å²) in [7, 11) is 1.59. The first-order valence-electron chi connectivity index (χ1n) is 3.38. The number of hydrogen-bond donors (Lipinski definition) is 3. The normalized spacial score (nSPS) is 18.1.